The molecule has 0 amide bonds. The van der Waals surface area contributed by atoms with E-state index in [-0.39, 0.29) is 12.4 Å². The van der Waals surface area contributed by atoms with Crippen LogP contribution in [0.5, 0.6) is 0 Å². The molecule has 0 aromatic heterocycles. The number of aliphatic imine (C=N–C) groups is 1. The molecule has 0 spiro atoms. The van der Waals surface area contributed by atoms with Crippen molar-refractivity contribution in [2.24, 2.45) is 10.9 Å². The molecule has 3 rings (SSSR count). The molecule has 4 heteroatoms. The number of halogens is 1. The van der Waals surface area contributed by atoms with Crippen LogP contribution in [-0.4, -0.2) is 19.0 Å². The van der Waals surface area contributed by atoms with Gasteiger partial charge in [-0.1, -0.05) is 50.2 Å². The maximum atomic E-state index is 4.35. The molecular weight excluding hydrogens is 330 g/mol. The summed E-state index contributed by atoms with van der Waals surface area (Å²) in [6, 6.07) is 17.7. The molecular formula is C21H28ClN3. The molecule has 25 heavy (non-hydrogen) atoms. The molecule has 0 aliphatic carbocycles. The van der Waals surface area contributed by atoms with Gasteiger partial charge in [-0.2, -0.15) is 0 Å². The monoisotopic (exact) mass is 357 g/mol. The minimum absolute atomic E-state index is 0. The highest BCUT2D eigenvalue weighted by molar-refractivity contribution is 5.94. The topological polar surface area (TPSA) is 36.4 Å². The van der Waals surface area contributed by atoms with Gasteiger partial charge in [0.1, 0.15) is 0 Å². The molecule has 0 fully saturated rings. The third-order valence-electron chi connectivity index (χ3n) is 4.33. The molecule has 0 bridgehead atoms. The molecule has 134 valence electrons. The second-order valence-corrected chi connectivity index (χ2v) is 6.90. The summed E-state index contributed by atoms with van der Waals surface area (Å²) in [7, 11) is 0. The normalized spacial score (nSPS) is 13.2. The highest BCUT2D eigenvalue weighted by Gasteiger charge is 2.05. The number of benzene rings is 2. The van der Waals surface area contributed by atoms with Gasteiger partial charge >= 0.3 is 0 Å². The van der Waals surface area contributed by atoms with Crippen molar-refractivity contribution in [3.8, 4) is 0 Å². The first-order valence-corrected chi connectivity index (χ1v) is 8.91. The lowest BCUT2D eigenvalue weighted by atomic mass is 9.99. The molecule has 2 aromatic carbocycles. The summed E-state index contributed by atoms with van der Waals surface area (Å²) in [6.07, 6.45) is 3.41. The van der Waals surface area contributed by atoms with Crippen LogP contribution in [0, 0.1) is 5.92 Å². The number of hydrogen-bond acceptors (Lipinski definition) is 3. The van der Waals surface area contributed by atoms with E-state index >= 15 is 0 Å². The smallest absolute Gasteiger partial charge is 0.195 e. The zero-order valence-electron chi connectivity index (χ0n) is 15.1. The third-order valence-corrected chi connectivity index (χ3v) is 4.33. The summed E-state index contributed by atoms with van der Waals surface area (Å²) >= 11 is 0. The van der Waals surface area contributed by atoms with Crippen LogP contribution >= 0.6 is 12.4 Å². The quantitative estimate of drug-likeness (QED) is 0.788. The Morgan fingerprint density at radius 2 is 1.56 bits per heavy atom. The second kappa shape index (κ2) is 9.47. The van der Waals surface area contributed by atoms with Crippen molar-refractivity contribution in [3.05, 3.63) is 65.2 Å². The largest absolute Gasteiger partial charge is 0.354 e. The van der Waals surface area contributed by atoms with Crippen molar-refractivity contribution in [1.82, 2.24) is 5.32 Å². The van der Waals surface area contributed by atoms with E-state index < -0.39 is 0 Å². The first-order chi connectivity index (χ1) is 11.7. The number of aryl methyl sites for hydroxylation is 1. The molecule has 1 heterocycles. The standard InChI is InChI=1S/C21H27N3.ClH/c1-16(2)3-4-17-5-7-18(8-6-17)15-19-9-11-20(12-10-19)24-21-22-13-14-23-21;/h5-12,16H,3-4,13-15H2,1-2H3,(H2,22,23,24);1H. The Balaban J connectivity index is 0.00000225. The first-order valence-electron chi connectivity index (χ1n) is 8.91. The van der Waals surface area contributed by atoms with Crippen LogP contribution in [0.3, 0.4) is 0 Å². The lowest BCUT2D eigenvalue weighted by Gasteiger charge is -2.09. The van der Waals surface area contributed by atoms with E-state index in [9.17, 15) is 0 Å². The molecule has 1 aliphatic rings. The van der Waals surface area contributed by atoms with Crippen molar-refractivity contribution in [2.45, 2.75) is 33.1 Å². The minimum atomic E-state index is 0. The van der Waals surface area contributed by atoms with E-state index in [0.29, 0.717) is 0 Å². The predicted molar refractivity (Wildman–Crippen MR) is 110 cm³/mol. The van der Waals surface area contributed by atoms with Crippen LogP contribution in [0.15, 0.2) is 53.5 Å². The fourth-order valence-electron chi connectivity index (χ4n) is 2.84. The van der Waals surface area contributed by atoms with Gasteiger partial charge in [-0.3, -0.25) is 4.99 Å². The highest BCUT2D eigenvalue weighted by atomic mass is 35.5. The van der Waals surface area contributed by atoms with Gasteiger partial charge in [0.05, 0.1) is 6.54 Å². The van der Waals surface area contributed by atoms with Gasteiger partial charge in [0.25, 0.3) is 0 Å². The van der Waals surface area contributed by atoms with E-state index in [1.54, 1.807) is 0 Å². The summed E-state index contributed by atoms with van der Waals surface area (Å²) in [5.41, 5.74) is 5.22. The molecule has 3 nitrogen and oxygen atoms in total. The maximum absolute atomic E-state index is 4.35. The van der Waals surface area contributed by atoms with E-state index in [0.717, 1.165) is 37.1 Å². The van der Waals surface area contributed by atoms with Crippen LogP contribution in [-0.2, 0) is 12.8 Å². The second-order valence-electron chi connectivity index (χ2n) is 6.90. The Hall–Kier alpha value is -2.00. The molecule has 1 aliphatic heterocycles. The van der Waals surface area contributed by atoms with Crippen LogP contribution in [0.4, 0.5) is 5.69 Å². The van der Waals surface area contributed by atoms with Crippen molar-refractivity contribution in [3.63, 3.8) is 0 Å². The van der Waals surface area contributed by atoms with Crippen LogP contribution in [0.25, 0.3) is 0 Å². The zero-order chi connectivity index (χ0) is 16.8. The number of guanidine groups is 1. The van der Waals surface area contributed by atoms with Crippen LogP contribution < -0.4 is 10.6 Å². The lowest BCUT2D eigenvalue weighted by molar-refractivity contribution is 0.586. The van der Waals surface area contributed by atoms with Crippen molar-refractivity contribution < 1.29 is 0 Å². The van der Waals surface area contributed by atoms with Gasteiger partial charge in [0, 0.05) is 12.2 Å². The van der Waals surface area contributed by atoms with Crippen LogP contribution in [0.2, 0.25) is 0 Å². The van der Waals surface area contributed by atoms with E-state index in [1.807, 2.05) is 0 Å². The summed E-state index contributed by atoms with van der Waals surface area (Å²) in [6.45, 7) is 6.34. The fourth-order valence-corrected chi connectivity index (χ4v) is 2.84. The van der Waals surface area contributed by atoms with Gasteiger partial charge in [-0.05, 0) is 54.0 Å². The third kappa shape index (κ3) is 6.09. The zero-order valence-corrected chi connectivity index (χ0v) is 15.9. The van der Waals surface area contributed by atoms with Crippen molar-refractivity contribution >= 4 is 24.1 Å². The summed E-state index contributed by atoms with van der Waals surface area (Å²) in [4.78, 5) is 4.35. The average molecular weight is 358 g/mol. The van der Waals surface area contributed by atoms with Gasteiger partial charge in [0.2, 0.25) is 0 Å². The number of nitrogens with one attached hydrogen (secondary N) is 2. The molecule has 0 unspecified atom stereocenters. The van der Waals surface area contributed by atoms with Crippen molar-refractivity contribution in [1.29, 1.82) is 0 Å². The van der Waals surface area contributed by atoms with E-state index in [1.165, 1.54) is 29.5 Å². The average Bonchev–Trinajstić information content (AvgIpc) is 3.09. The Morgan fingerprint density at radius 3 is 2.12 bits per heavy atom. The molecule has 2 N–H and O–H groups in total. The predicted octanol–water partition coefficient (Wildman–Crippen LogP) is 4.66. The van der Waals surface area contributed by atoms with Gasteiger partial charge in [-0.15, -0.1) is 12.4 Å². The maximum Gasteiger partial charge on any atom is 0.195 e. The van der Waals surface area contributed by atoms with E-state index in [2.05, 4.69) is 78.0 Å². The van der Waals surface area contributed by atoms with Crippen molar-refractivity contribution in [2.75, 3.05) is 18.4 Å². The first kappa shape index (κ1) is 19.3. The molecule has 0 radical (unpaired) electrons. The Kier molecular flexibility index (Phi) is 7.32. The number of nitrogens with zero attached hydrogens (tertiary/aromatic N) is 1. The lowest BCUT2D eigenvalue weighted by Crippen LogP contribution is -2.26. The summed E-state index contributed by atoms with van der Waals surface area (Å²) in [5, 5.41) is 6.52. The van der Waals surface area contributed by atoms with Gasteiger partial charge in [0.15, 0.2) is 5.96 Å². The number of rotatable bonds is 6. The highest BCUT2D eigenvalue weighted by Crippen LogP contribution is 2.16. The summed E-state index contributed by atoms with van der Waals surface area (Å²) < 4.78 is 0. The SMILES string of the molecule is CC(C)CCc1ccc(Cc2ccc(NC3=NCCN3)cc2)cc1.Cl. The van der Waals surface area contributed by atoms with Gasteiger partial charge < -0.3 is 10.6 Å². The summed E-state index contributed by atoms with van der Waals surface area (Å²) in [5.74, 6) is 1.64. The molecule has 2 aromatic rings. The van der Waals surface area contributed by atoms with Crippen LogP contribution in [0.1, 0.15) is 37.0 Å². The number of anilines is 1. The fraction of sp³-hybridized carbons (Fsp3) is 0.381. The molecule has 0 atom stereocenters. The number of hydrogen-bond donors (Lipinski definition) is 2. The molecule has 0 saturated heterocycles. The minimum Gasteiger partial charge on any atom is -0.354 e. The van der Waals surface area contributed by atoms with E-state index in [4.69, 9.17) is 0 Å². The van der Waals surface area contributed by atoms with Gasteiger partial charge in [-0.25, -0.2) is 0 Å². The Bertz CT molecular complexity index is 675. The Labute approximate surface area is 157 Å². The molecule has 0 saturated carbocycles. The Morgan fingerprint density at radius 1 is 0.960 bits per heavy atom.